The van der Waals surface area contributed by atoms with E-state index >= 15 is 0 Å². The SMILES string of the molecule is O=c1cccnn1CCN1CCCCC1CNc1ncnc2ncccc12. The van der Waals surface area contributed by atoms with Gasteiger partial charge in [0.1, 0.15) is 12.1 Å². The number of anilines is 1. The molecule has 0 aromatic carbocycles. The molecule has 0 bridgehead atoms. The summed E-state index contributed by atoms with van der Waals surface area (Å²) in [4.78, 5) is 27.2. The maximum atomic E-state index is 11.9. The molecule has 1 saturated heterocycles. The first-order valence-corrected chi connectivity index (χ1v) is 9.37. The molecular weight excluding hydrogens is 342 g/mol. The summed E-state index contributed by atoms with van der Waals surface area (Å²) in [6.45, 7) is 3.27. The van der Waals surface area contributed by atoms with Crippen LogP contribution in [-0.4, -0.2) is 55.3 Å². The molecule has 0 saturated carbocycles. The van der Waals surface area contributed by atoms with Crippen LogP contribution in [0.3, 0.4) is 0 Å². The molecule has 1 fully saturated rings. The molecule has 140 valence electrons. The van der Waals surface area contributed by atoms with Crippen LogP contribution in [0.1, 0.15) is 19.3 Å². The summed E-state index contributed by atoms with van der Waals surface area (Å²) < 4.78 is 1.53. The fraction of sp³-hybridized carbons (Fsp3) is 0.421. The quantitative estimate of drug-likeness (QED) is 0.709. The van der Waals surface area contributed by atoms with E-state index in [4.69, 9.17) is 0 Å². The molecule has 8 heteroatoms. The number of rotatable bonds is 6. The Labute approximate surface area is 157 Å². The smallest absolute Gasteiger partial charge is 0.266 e. The van der Waals surface area contributed by atoms with E-state index in [0.29, 0.717) is 18.2 Å². The third-order valence-electron chi connectivity index (χ3n) is 5.05. The summed E-state index contributed by atoms with van der Waals surface area (Å²) in [6.07, 6.45) is 8.48. The van der Waals surface area contributed by atoms with Gasteiger partial charge in [-0.1, -0.05) is 6.42 Å². The molecular formula is C19H23N7O. The van der Waals surface area contributed by atoms with Crippen LogP contribution in [0.2, 0.25) is 0 Å². The minimum absolute atomic E-state index is 0.0517. The van der Waals surface area contributed by atoms with E-state index in [0.717, 1.165) is 37.3 Å². The number of nitrogens with one attached hydrogen (secondary N) is 1. The number of piperidine rings is 1. The second kappa shape index (κ2) is 8.22. The van der Waals surface area contributed by atoms with Crippen LogP contribution in [0, 0.1) is 0 Å². The van der Waals surface area contributed by atoms with Crippen LogP contribution in [0.15, 0.2) is 47.8 Å². The van der Waals surface area contributed by atoms with E-state index < -0.39 is 0 Å². The summed E-state index contributed by atoms with van der Waals surface area (Å²) in [5.41, 5.74) is 0.647. The second-order valence-corrected chi connectivity index (χ2v) is 6.75. The molecule has 4 heterocycles. The van der Waals surface area contributed by atoms with Crippen molar-refractivity contribution in [2.75, 3.05) is 25.0 Å². The molecule has 1 aliphatic heterocycles. The van der Waals surface area contributed by atoms with Gasteiger partial charge in [-0.15, -0.1) is 0 Å². The molecule has 0 amide bonds. The van der Waals surface area contributed by atoms with Gasteiger partial charge < -0.3 is 5.32 Å². The van der Waals surface area contributed by atoms with Crippen molar-refractivity contribution in [1.29, 1.82) is 0 Å². The highest BCUT2D eigenvalue weighted by Crippen LogP contribution is 2.20. The van der Waals surface area contributed by atoms with Gasteiger partial charge in [-0.2, -0.15) is 5.10 Å². The van der Waals surface area contributed by atoms with Crippen molar-refractivity contribution in [2.45, 2.75) is 31.8 Å². The maximum Gasteiger partial charge on any atom is 0.266 e. The zero-order chi connectivity index (χ0) is 18.5. The van der Waals surface area contributed by atoms with E-state index in [2.05, 4.69) is 30.3 Å². The van der Waals surface area contributed by atoms with Crippen LogP contribution in [0.25, 0.3) is 11.0 Å². The number of pyridine rings is 1. The van der Waals surface area contributed by atoms with E-state index in [1.54, 1.807) is 30.9 Å². The standard InChI is InChI=1S/C19H23N7O/c27-17-7-4-9-24-26(17)12-11-25-10-2-1-5-15(25)13-21-19-16-6-3-8-20-18(16)22-14-23-19/h3-4,6-9,14-15H,1-2,5,10-13H2,(H,20,21,22,23). The van der Waals surface area contributed by atoms with Gasteiger partial charge in [0.25, 0.3) is 5.56 Å². The van der Waals surface area contributed by atoms with E-state index in [1.165, 1.54) is 17.5 Å². The highest BCUT2D eigenvalue weighted by Gasteiger charge is 2.22. The Kier molecular flexibility index (Phi) is 5.34. The third-order valence-corrected chi connectivity index (χ3v) is 5.05. The predicted molar refractivity (Wildman–Crippen MR) is 104 cm³/mol. The largest absolute Gasteiger partial charge is 0.368 e. The molecule has 4 rings (SSSR count). The van der Waals surface area contributed by atoms with Crippen molar-refractivity contribution < 1.29 is 0 Å². The zero-order valence-corrected chi connectivity index (χ0v) is 15.2. The summed E-state index contributed by atoms with van der Waals surface area (Å²) in [6, 6.07) is 7.51. The van der Waals surface area contributed by atoms with Crippen molar-refractivity contribution in [3.8, 4) is 0 Å². The molecule has 8 nitrogen and oxygen atoms in total. The Hall–Kier alpha value is -2.87. The van der Waals surface area contributed by atoms with Crippen LogP contribution in [0.5, 0.6) is 0 Å². The molecule has 0 spiro atoms. The summed E-state index contributed by atoms with van der Waals surface area (Å²) in [5.74, 6) is 0.819. The first-order valence-electron chi connectivity index (χ1n) is 9.37. The Morgan fingerprint density at radius 1 is 1.07 bits per heavy atom. The van der Waals surface area contributed by atoms with E-state index in [-0.39, 0.29) is 5.56 Å². The monoisotopic (exact) mass is 365 g/mol. The van der Waals surface area contributed by atoms with Crippen molar-refractivity contribution in [3.63, 3.8) is 0 Å². The molecule has 0 radical (unpaired) electrons. The van der Waals surface area contributed by atoms with Gasteiger partial charge in [-0.25, -0.2) is 19.6 Å². The van der Waals surface area contributed by atoms with Gasteiger partial charge >= 0.3 is 0 Å². The molecule has 3 aromatic heterocycles. The molecule has 3 aromatic rings. The first-order chi connectivity index (χ1) is 13.3. The van der Waals surface area contributed by atoms with Crippen LogP contribution < -0.4 is 10.9 Å². The Bertz CT molecular complexity index is 952. The summed E-state index contributed by atoms with van der Waals surface area (Å²) in [5, 5.41) is 8.57. The number of hydrogen-bond donors (Lipinski definition) is 1. The van der Waals surface area contributed by atoms with Crippen molar-refractivity contribution in [1.82, 2.24) is 29.6 Å². The number of hydrogen-bond acceptors (Lipinski definition) is 7. The molecule has 1 unspecified atom stereocenters. The molecule has 1 N–H and O–H groups in total. The maximum absolute atomic E-state index is 11.9. The Morgan fingerprint density at radius 2 is 2.00 bits per heavy atom. The number of nitrogens with zero attached hydrogens (tertiary/aromatic N) is 6. The first kappa shape index (κ1) is 17.5. The highest BCUT2D eigenvalue weighted by molar-refractivity contribution is 5.85. The lowest BCUT2D eigenvalue weighted by Crippen LogP contribution is -2.45. The minimum Gasteiger partial charge on any atom is -0.368 e. The predicted octanol–water partition coefficient (Wildman–Crippen LogP) is 1.55. The molecule has 27 heavy (non-hydrogen) atoms. The van der Waals surface area contributed by atoms with Crippen molar-refractivity contribution >= 4 is 16.9 Å². The molecule has 1 atom stereocenters. The lowest BCUT2D eigenvalue weighted by molar-refractivity contribution is 0.148. The normalized spacial score (nSPS) is 17.9. The van der Waals surface area contributed by atoms with E-state index in [9.17, 15) is 4.79 Å². The van der Waals surface area contributed by atoms with Gasteiger partial charge in [0.2, 0.25) is 0 Å². The lowest BCUT2D eigenvalue weighted by atomic mass is 10.0. The average Bonchev–Trinajstić information content (AvgIpc) is 2.72. The number of likely N-dealkylation sites (tertiary alicyclic amines) is 1. The highest BCUT2D eigenvalue weighted by atomic mass is 16.1. The van der Waals surface area contributed by atoms with Crippen LogP contribution in [-0.2, 0) is 6.54 Å². The minimum atomic E-state index is -0.0517. The number of fused-ring (bicyclic) bond motifs is 1. The van der Waals surface area contributed by atoms with Gasteiger partial charge in [-0.05, 0) is 37.6 Å². The average molecular weight is 365 g/mol. The van der Waals surface area contributed by atoms with Crippen LogP contribution in [0.4, 0.5) is 5.82 Å². The van der Waals surface area contributed by atoms with Crippen LogP contribution >= 0.6 is 0 Å². The fourth-order valence-electron chi connectivity index (χ4n) is 3.61. The summed E-state index contributed by atoms with van der Waals surface area (Å²) >= 11 is 0. The molecule has 0 aliphatic carbocycles. The Morgan fingerprint density at radius 3 is 2.93 bits per heavy atom. The van der Waals surface area contributed by atoms with E-state index in [1.807, 2.05) is 12.1 Å². The fourth-order valence-corrected chi connectivity index (χ4v) is 3.61. The van der Waals surface area contributed by atoms with Crippen molar-refractivity contribution in [2.24, 2.45) is 0 Å². The van der Waals surface area contributed by atoms with Gasteiger partial charge in [0.05, 0.1) is 11.9 Å². The topological polar surface area (TPSA) is 88.8 Å². The van der Waals surface area contributed by atoms with Gasteiger partial charge in [0, 0.05) is 37.6 Å². The molecule has 1 aliphatic rings. The second-order valence-electron chi connectivity index (χ2n) is 6.75. The Balaban J connectivity index is 1.42. The zero-order valence-electron chi connectivity index (χ0n) is 15.2. The lowest BCUT2D eigenvalue weighted by Gasteiger charge is -2.35. The van der Waals surface area contributed by atoms with Gasteiger partial charge in [0.15, 0.2) is 5.65 Å². The number of aromatic nitrogens is 5. The third kappa shape index (κ3) is 4.11. The summed E-state index contributed by atoms with van der Waals surface area (Å²) in [7, 11) is 0. The van der Waals surface area contributed by atoms with Gasteiger partial charge in [-0.3, -0.25) is 9.69 Å². The van der Waals surface area contributed by atoms with Crippen molar-refractivity contribution in [3.05, 3.63) is 53.3 Å².